The van der Waals surface area contributed by atoms with Crippen LogP contribution in [0.15, 0.2) is 42.6 Å². The Morgan fingerprint density at radius 1 is 1.07 bits per heavy atom. The first-order chi connectivity index (χ1) is 14.5. The molecule has 1 N–H and O–H groups in total. The average Bonchev–Trinajstić information content (AvgIpc) is 3.16. The second kappa shape index (κ2) is 9.91. The monoisotopic (exact) mass is 406 g/mol. The third-order valence-electron chi connectivity index (χ3n) is 4.93. The van der Waals surface area contributed by atoms with E-state index >= 15 is 0 Å². The number of pyridine rings is 1. The zero-order chi connectivity index (χ0) is 21.5. The molecular formula is C23H26N4O3. The molecule has 0 atom stereocenters. The molecule has 0 radical (unpaired) electrons. The average molecular weight is 406 g/mol. The number of benzene rings is 1. The van der Waals surface area contributed by atoms with Crippen molar-refractivity contribution in [2.45, 2.75) is 52.5 Å². The van der Waals surface area contributed by atoms with E-state index in [1.807, 2.05) is 12.1 Å². The lowest BCUT2D eigenvalue weighted by molar-refractivity contribution is 0.0697. The van der Waals surface area contributed by atoms with Crippen molar-refractivity contribution in [1.29, 1.82) is 0 Å². The topological polar surface area (TPSA) is 98.0 Å². The van der Waals surface area contributed by atoms with Gasteiger partial charge in [-0.05, 0) is 24.1 Å². The zero-order valence-corrected chi connectivity index (χ0v) is 17.3. The molecule has 30 heavy (non-hydrogen) atoms. The maximum absolute atomic E-state index is 12.0. The Morgan fingerprint density at radius 2 is 1.87 bits per heavy atom. The van der Waals surface area contributed by atoms with E-state index in [1.54, 1.807) is 42.1 Å². The maximum atomic E-state index is 12.0. The first kappa shape index (κ1) is 21.4. The highest BCUT2D eigenvalue weighted by atomic mass is 16.4. The van der Waals surface area contributed by atoms with Gasteiger partial charge < -0.3 is 5.11 Å². The van der Waals surface area contributed by atoms with Crippen LogP contribution >= 0.6 is 0 Å². The van der Waals surface area contributed by atoms with Crippen LogP contribution in [0, 0.1) is 0 Å². The molecule has 156 valence electrons. The SMILES string of the molecule is CCCCCc1nc(C(=O)CC)nn1Cc1ccc(-c2ccccc2C(=O)O)cn1. The summed E-state index contributed by atoms with van der Waals surface area (Å²) < 4.78 is 1.76. The van der Waals surface area contributed by atoms with Gasteiger partial charge in [0.1, 0.15) is 5.82 Å². The first-order valence-electron chi connectivity index (χ1n) is 10.3. The maximum Gasteiger partial charge on any atom is 0.336 e. The summed E-state index contributed by atoms with van der Waals surface area (Å²) in [5, 5.41) is 13.8. The third-order valence-corrected chi connectivity index (χ3v) is 4.93. The van der Waals surface area contributed by atoms with Gasteiger partial charge in [0.2, 0.25) is 11.6 Å². The molecule has 0 saturated carbocycles. The predicted octanol–water partition coefficient (Wildman–Crippen LogP) is 4.41. The van der Waals surface area contributed by atoms with E-state index in [-0.39, 0.29) is 17.2 Å². The van der Waals surface area contributed by atoms with Crippen LogP contribution < -0.4 is 0 Å². The number of nitrogens with zero attached hydrogens (tertiary/aromatic N) is 4. The van der Waals surface area contributed by atoms with Gasteiger partial charge in [0.05, 0.1) is 17.8 Å². The summed E-state index contributed by atoms with van der Waals surface area (Å²) >= 11 is 0. The van der Waals surface area contributed by atoms with Crippen molar-refractivity contribution < 1.29 is 14.7 Å². The van der Waals surface area contributed by atoms with Crippen molar-refractivity contribution in [3.05, 3.63) is 65.5 Å². The second-order valence-electron chi connectivity index (χ2n) is 7.13. The molecule has 0 unspecified atom stereocenters. The molecule has 2 heterocycles. The van der Waals surface area contributed by atoms with Gasteiger partial charge >= 0.3 is 5.97 Å². The van der Waals surface area contributed by atoms with Gasteiger partial charge in [0.15, 0.2) is 0 Å². The third kappa shape index (κ3) is 4.97. The number of rotatable bonds is 10. The Bertz CT molecular complexity index is 1030. The fourth-order valence-corrected chi connectivity index (χ4v) is 3.25. The van der Waals surface area contributed by atoms with Crippen LogP contribution in [0.25, 0.3) is 11.1 Å². The summed E-state index contributed by atoms with van der Waals surface area (Å²) in [6.45, 7) is 4.35. The van der Waals surface area contributed by atoms with Crippen LogP contribution in [-0.2, 0) is 13.0 Å². The van der Waals surface area contributed by atoms with Crippen molar-refractivity contribution in [2.75, 3.05) is 0 Å². The van der Waals surface area contributed by atoms with E-state index in [0.29, 0.717) is 18.5 Å². The van der Waals surface area contributed by atoms with Crippen molar-refractivity contribution in [1.82, 2.24) is 19.7 Å². The van der Waals surface area contributed by atoms with Crippen LogP contribution in [0.2, 0.25) is 0 Å². The van der Waals surface area contributed by atoms with Crippen LogP contribution in [-0.4, -0.2) is 36.6 Å². The van der Waals surface area contributed by atoms with Gasteiger partial charge in [-0.1, -0.05) is 51.0 Å². The van der Waals surface area contributed by atoms with Gasteiger partial charge in [-0.3, -0.25) is 9.78 Å². The molecule has 0 saturated heterocycles. The van der Waals surface area contributed by atoms with Crippen LogP contribution in [0.4, 0.5) is 0 Å². The number of carboxylic acid groups (broad SMARTS) is 1. The van der Waals surface area contributed by atoms with Crippen LogP contribution in [0.1, 0.15) is 72.0 Å². The Balaban J connectivity index is 1.83. The highest BCUT2D eigenvalue weighted by molar-refractivity contribution is 5.95. The van der Waals surface area contributed by atoms with E-state index in [9.17, 15) is 14.7 Å². The van der Waals surface area contributed by atoms with Crippen molar-refractivity contribution in [3.8, 4) is 11.1 Å². The van der Waals surface area contributed by atoms with E-state index in [1.165, 1.54) is 0 Å². The number of carbonyl (C=O) groups is 2. The number of ketones is 1. The van der Waals surface area contributed by atoms with Gasteiger partial charge in [0, 0.05) is 24.6 Å². The van der Waals surface area contributed by atoms with Gasteiger partial charge in [0.25, 0.3) is 0 Å². The normalized spacial score (nSPS) is 10.9. The zero-order valence-electron chi connectivity index (χ0n) is 17.3. The minimum absolute atomic E-state index is 0.0703. The van der Waals surface area contributed by atoms with E-state index in [0.717, 1.165) is 42.8 Å². The Labute approximate surface area is 175 Å². The summed E-state index contributed by atoms with van der Waals surface area (Å²) in [6, 6.07) is 10.6. The molecule has 2 aromatic heterocycles. The van der Waals surface area contributed by atoms with Gasteiger partial charge in [-0.2, -0.15) is 0 Å². The van der Waals surface area contributed by atoms with E-state index < -0.39 is 5.97 Å². The molecule has 0 aliphatic heterocycles. The summed E-state index contributed by atoms with van der Waals surface area (Å²) in [5.74, 6) is 0.0135. The molecule has 7 heteroatoms. The van der Waals surface area contributed by atoms with Crippen LogP contribution in [0.3, 0.4) is 0 Å². The first-order valence-corrected chi connectivity index (χ1v) is 10.3. The quantitative estimate of drug-likeness (QED) is 0.395. The second-order valence-corrected chi connectivity index (χ2v) is 7.13. The number of aromatic carboxylic acids is 1. The highest BCUT2D eigenvalue weighted by Crippen LogP contribution is 2.23. The van der Waals surface area contributed by atoms with E-state index in [4.69, 9.17) is 0 Å². The number of aryl methyl sites for hydroxylation is 1. The van der Waals surface area contributed by atoms with E-state index in [2.05, 4.69) is 22.0 Å². The number of aromatic nitrogens is 4. The standard InChI is InChI=1S/C23H26N4O3/c1-3-5-6-11-21-25-22(20(28)4-2)26-27(21)15-17-13-12-16(14-24-17)18-9-7-8-10-19(18)23(29)30/h7-10,12-14H,3-6,11,15H2,1-2H3,(H,29,30). The Hall–Kier alpha value is -3.35. The Morgan fingerprint density at radius 3 is 2.53 bits per heavy atom. The number of hydrogen-bond donors (Lipinski definition) is 1. The Kier molecular flexibility index (Phi) is 7.06. The van der Waals surface area contributed by atoms with Crippen molar-refractivity contribution >= 4 is 11.8 Å². The molecule has 1 aromatic carbocycles. The fraction of sp³-hybridized carbons (Fsp3) is 0.348. The lowest BCUT2D eigenvalue weighted by Gasteiger charge is -2.08. The number of hydrogen-bond acceptors (Lipinski definition) is 5. The number of unbranched alkanes of at least 4 members (excludes halogenated alkanes) is 2. The molecular weight excluding hydrogens is 380 g/mol. The predicted molar refractivity (Wildman–Crippen MR) is 114 cm³/mol. The lowest BCUT2D eigenvalue weighted by atomic mass is 10.0. The van der Waals surface area contributed by atoms with Crippen LogP contribution in [0.5, 0.6) is 0 Å². The summed E-state index contributed by atoms with van der Waals surface area (Å²) in [6.07, 6.45) is 6.00. The molecule has 3 rings (SSSR count). The minimum atomic E-state index is -0.970. The van der Waals surface area contributed by atoms with Crippen molar-refractivity contribution in [2.24, 2.45) is 0 Å². The molecule has 0 aliphatic carbocycles. The smallest absolute Gasteiger partial charge is 0.336 e. The molecule has 7 nitrogen and oxygen atoms in total. The number of Topliss-reactive ketones (excluding diaryl/α,β-unsaturated/α-hetero) is 1. The number of carboxylic acids is 1. The summed E-state index contributed by atoms with van der Waals surface area (Å²) in [7, 11) is 0. The van der Waals surface area contributed by atoms with Gasteiger partial charge in [-0.25, -0.2) is 14.5 Å². The molecule has 0 bridgehead atoms. The lowest BCUT2D eigenvalue weighted by Crippen LogP contribution is -2.09. The molecule has 0 aliphatic rings. The molecule has 0 amide bonds. The summed E-state index contributed by atoms with van der Waals surface area (Å²) in [5.41, 5.74) is 2.37. The minimum Gasteiger partial charge on any atom is -0.478 e. The molecule has 0 fully saturated rings. The molecule has 0 spiro atoms. The highest BCUT2D eigenvalue weighted by Gasteiger charge is 2.16. The van der Waals surface area contributed by atoms with Crippen molar-refractivity contribution in [3.63, 3.8) is 0 Å². The summed E-state index contributed by atoms with van der Waals surface area (Å²) in [4.78, 5) is 32.5. The molecule has 3 aromatic rings. The fourth-order valence-electron chi connectivity index (χ4n) is 3.25. The number of carbonyl (C=O) groups excluding carboxylic acids is 1. The van der Waals surface area contributed by atoms with Gasteiger partial charge in [-0.15, -0.1) is 5.10 Å². The largest absolute Gasteiger partial charge is 0.478 e.